The first-order valence-electron chi connectivity index (χ1n) is 9.23. The Bertz CT molecular complexity index is 763. The molecule has 0 aliphatic carbocycles. The lowest BCUT2D eigenvalue weighted by Gasteiger charge is -2.31. The first-order chi connectivity index (χ1) is 12.5. The van der Waals surface area contributed by atoms with Crippen LogP contribution in [0.1, 0.15) is 41.3 Å². The molecule has 2 N–H and O–H groups in total. The molecule has 138 valence electrons. The van der Waals surface area contributed by atoms with Crippen LogP contribution in [0.15, 0.2) is 18.2 Å². The van der Waals surface area contributed by atoms with Gasteiger partial charge in [0, 0.05) is 50.7 Å². The highest BCUT2D eigenvalue weighted by Crippen LogP contribution is 2.28. The van der Waals surface area contributed by atoms with Gasteiger partial charge >= 0.3 is 0 Å². The summed E-state index contributed by atoms with van der Waals surface area (Å²) in [4.78, 5) is 40.3. The van der Waals surface area contributed by atoms with Gasteiger partial charge in [-0.1, -0.05) is 12.1 Å². The van der Waals surface area contributed by atoms with Crippen LogP contribution in [0.25, 0.3) is 0 Å². The molecule has 7 heteroatoms. The van der Waals surface area contributed by atoms with Crippen LogP contribution in [-0.2, 0) is 22.7 Å². The maximum absolute atomic E-state index is 12.9. The minimum absolute atomic E-state index is 0.106. The Labute approximate surface area is 152 Å². The van der Waals surface area contributed by atoms with Crippen LogP contribution in [0.2, 0.25) is 0 Å². The van der Waals surface area contributed by atoms with Crippen molar-refractivity contribution in [3.8, 4) is 0 Å². The van der Waals surface area contributed by atoms with Crippen molar-refractivity contribution in [2.45, 2.75) is 44.9 Å². The van der Waals surface area contributed by atoms with Crippen molar-refractivity contribution in [2.24, 2.45) is 0 Å². The smallest absolute Gasteiger partial charge is 0.255 e. The zero-order valence-electron chi connectivity index (χ0n) is 15.0. The summed E-state index contributed by atoms with van der Waals surface area (Å²) >= 11 is 0. The number of nitrogens with zero attached hydrogens (tertiary/aromatic N) is 2. The van der Waals surface area contributed by atoms with E-state index in [9.17, 15) is 14.4 Å². The fourth-order valence-electron chi connectivity index (χ4n) is 4.11. The Hall–Kier alpha value is -2.25. The quantitative estimate of drug-likeness (QED) is 0.759. The topological polar surface area (TPSA) is 81.8 Å². The Morgan fingerprint density at radius 2 is 2.08 bits per heavy atom. The first kappa shape index (κ1) is 17.2. The number of amides is 3. The summed E-state index contributed by atoms with van der Waals surface area (Å²) in [7, 11) is 0. The first-order valence-corrected chi connectivity index (χ1v) is 9.23. The Balaban J connectivity index is 1.48. The second-order valence-electron chi connectivity index (χ2n) is 7.48. The molecule has 3 aliphatic rings. The summed E-state index contributed by atoms with van der Waals surface area (Å²) in [5.41, 5.74) is 2.77. The average molecular weight is 356 g/mol. The summed E-state index contributed by atoms with van der Waals surface area (Å²) in [6.07, 6.45) is 0.679. The molecule has 0 saturated carbocycles. The minimum Gasteiger partial charge on any atom is -0.322 e. The monoisotopic (exact) mass is 356 g/mol. The number of hydrogen-bond donors (Lipinski definition) is 2. The van der Waals surface area contributed by atoms with Crippen molar-refractivity contribution >= 4 is 17.7 Å². The van der Waals surface area contributed by atoms with Crippen LogP contribution < -0.4 is 10.6 Å². The molecule has 0 spiro atoms. The normalized spacial score (nSPS) is 26.8. The number of hydrogen-bond acceptors (Lipinski definition) is 5. The SMILES string of the molecule is C[C@@H]1CN(Cc2ccc3c(c2)C(=O)N(C2CCC(=O)NC2=O)C3)CCN1. The van der Waals surface area contributed by atoms with Crippen LogP contribution in [0.3, 0.4) is 0 Å². The second-order valence-corrected chi connectivity index (χ2v) is 7.48. The van der Waals surface area contributed by atoms with Crippen molar-refractivity contribution in [1.29, 1.82) is 0 Å². The van der Waals surface area contributed by atoms with Gasteiger partial charge in [-0.2, -0.15) is 0 Å². The lowest BCUT2D eigenvalue weighted by molar-refractivity contribution is -0.136. The van der Waals surface area contributed by atoms with Gasteiger partial charge in [0.05, 0.1) is 0 Å². The lowest BCUT2D eigenvalue weighted by atomic mass is 10.0. The third-order valence-corrected chi connectivity index (χ3v) is 5.45. The molecule has 3 heterocycles. The summed E-state index contributed by atoms with van der Waals surface area (Å²) in [5, 5.41) is 5.77. The summed E-state index contributed by atoms with van der Waals surface area (Å²) in [5.74, 6) is -0.731. The van der Waals surface area contributed by atoms with Crippen molar-refractivity contribution in [2.75, 3.05) is 19.6 Å². The molecule has 26 heavy (non-hydrogen) atoms. The van der Waals surface area contributed by atoms with E-state index in [1.807, 2.05) is 12.1 Å². The van der Waals surface area contributed by atoms with Crippen LogP contribution >= 0.6 is 0 Å². The number of benzene rings is 1. The van der Waals surface area contributed by atoms with E-state index in [2.05, 4.69) is 28.5 Å². The molecule has 1 aromatic rings. The molecule has 3 amide bonds. The van der Waals surface area contributed by atoms with Gasteiger partial charge in [-0.3, -0.25) is 24.6 Å². The predicted molar refractivity (Wildman–Crippen MR) is 95.2 cm³/mol. The van der Waals surface area contributed by atoms with Gasteiger partial charge in [0.2, 0.25) is 11.8 Å². The third kappa shape index (κ3) is 3.24. The van der Waals surface area contributed by atoms with Gasteiger partial charge in [-0.05, 0) is 30.5 Å². The van der Waals surface area contributed by atoms with E-state index in [4.69, 9.17) is 0 Å². The summed E-state index contributed by atoms with van der Waals surface area (Å²) in [6, 6.07) is 5.97. The maximum atomic E-state index is 12.9. The Kier molecular flexibility index (Phi) is 4.50. The van der Waals surface area contributed by atoms with E-state index < -0.39 is 6.04 Å². The highest BCUT2D eigenvalue weighted by molar-refractivity contribution is 6.05. The van der Waals surface area contributed by atoms with E-state index in [-0.39, 0.29) is 24.1 Å². The van der Waals surface area contributed by atoms with E-state index in [1.165, 1.54) is 0 Å². The predicted octanol–water partition coefficient (Wildman–Crippen LogP) is 0.241. The van der Waals surface area contributed by atoms with Gasteiger partial charge < -0.3 is 10.2 Å². The van der Waals surface area contributed by atoms with Crippen molar-refractivity contribution < 1.29 is 14.4 Å². The largest absolute Gasteiger partial charge is 0.322 e. The van der Waals surface area contributed by atoms with Crippen LogP contribution in [-0.4, -0.2) is 59.2 Å². The molecule has 2 atom stereocenters. The van der Waals surface area contributed by atoms with Crippen LogP contribution in [0.4, 0.5) is 0 Å². The molecule has 2 saturated heterocycles. The summed E-state index contributed by atoms with van der Waals surface area (Å²) in [6.45, 7) is 6.41. The highest BCUT2D eigenvalue weighted by Gasteiger charge is 2.39. The fraction of sp³-hybridized carbons (Fsp3) is 0.526. The van der Waals surface area contributed by atoms with E-state index >= 15 is 0 Å². The zero-order valence-corrected chi connectivity index (χ0v) is 15.0. The molecular formula is C19H24N4O3. The van der Waals surface area contributed by atoms with Crippen molar-refractivity contribution in [3.05, 3.63) is 34.9 Å². The molecule has 3 aliphatic heterocycles. The van der Waals surface area contributed by atoms with Gasteiger partial charge in [-0.25, -0.2) is 0 Å². The minimum atomic E-state index is -0.551. The highest BCUT2D eigenvalue weighted by atomic mass is 16.2. The number of carbonyl (C=O) groups excluding carboxylic acids is 3. The number of carbonyl (C=O) groups is 3. The molecule has 4 rings (SSSR count). The van der Waals surface area contributed by atoms with Gasteiger partial charge in [-0.15, -0.1) is 0 Å². The number of piperazine rings is 1. The number of rotatable bonds is 3. The standard InChI is InChI=1S/C19H24N4O3/c1-12-9-22(7-6-20-12)10-13-2-3-14-11-23(19(26)15(14)8-13)16-4-5-17(24)21-18(16)25/h2-3,8,12,16,20H,4-7,9-11H2,1H3,(H,21,24,25)/t12-,16?/m1/s1. The second kappa shape index (κ2) is 6.81. The maximum Gasteiger partial charge on any atom is 0.255 e. The van der Waals surface area contributed by atoms with E-state index in [1.54, 1.807) is 4.90 Å². The lowest BCUT2D eigenvalue weighted by Crippen LogP contribution is -2.52. The van der Waals surface area contributed by atoms with Gasteiger partial charge in [0.1, 0.15) is 6.04 Å². The Morgan fingerprint density at radius 1 is 1.23 bits per heavy atom. The average Bonchev–Trinajstić information content (AvgIpc) is 2.92. The van der Waals surface area contributed by atoms with E-state index in [0.717, 1.165) is 37.3 Å². The molecular weight excluding hydrogens is 332 g/mol. The Morgan fingerprint density at radius 3 is 2.85 bits per heavy atom. The van der Waals surface area contributed by atoms with Crippen molar-refractivity contribution in [3.63, 3.8) is 0 Å². The number of piperidine rings is 1. The van der Waals surface area contributed by atoms with Gasteiger partial charge in [0.15, 0.2) is 0 Å². The van der Waals surface area contributed by atoms with Crippen LogP contribution in [0, 0.1) is 0 Å². The van der Waals surface area contributed by atoms with E-state index in [0.29, 0.717) is 24.6 Å². The third-order valence-electron chi connectivity index (χ3n) is 5.45. The molecule has 1 unspecified atom stereocenters. The number of fused-ring (bicyclic) bond motifs is 1. The number of nitrogens with one attached hydrogen (secondary N) is 2. The van der Waals surface area contributed by atoms with Crippen LogP contribution in [0.5, 0.6) is 0 Å². The molecule has 1 aromatic carbocycles. The molecule has 0 aromatic heterocycles. The zero-order chi connectivity index (χ0) is 18.3. The fourth-order valence-corrected chi connectivity index (χ4v) is 4.11. The van der Waals surface area contributed by atoms with Crippen molar-refractivity contribution in [1.82, 2.24) is 20.4 Å². The number of imide groups is 1. The molecule has 0 radical (unpaired) electrons. The molecule has 2 fully saturated rings. The summed E-state index contributed by atoms with van der Waals surface area (Å²) < 4.78 is 0. The molecule has 7 nitrogen and oxygen atoms in total. The van der Waals surface area contributed by atoms with Gasteiger partial charge in [0.25, 0.3) is 5.91 Å². The molecule has 0 bridgehead atoms.